The van der Waals surface area contributed by atoms with Gasteiger partial charge in [-0.3, -0.25) is 4.90 Å². The Labute approximate surface area is 175 Å². The number of rotatable bonds is 8. The smallest absolute Gasteiger partial charge is 0.127 e. The Balaban J connectivity index is 0.00000182. The van der Waals surface area contributed by atoms with Gasteiger partial charge in [0.2, 0.25) is 0 Å². The molecule has 0 atom stereocenters. The van der Waals surface area contributed by atoms with Crippen molar-refractivity contribution in [3.05, 3.63) is 54.6 Å². The van der Waals surface area contributed by atoms with Crippen molar-refractivity contribution >= 4 is 24.8 Å². The Kier molecular flexibility index (Phi) is 11.4. The van der Waals surface area contributed by atoms with Gasteiger partial charge in [0.05, 0.1) is 0 Å². The molecule has 1 aliphatic rings. The third-order valence-corrected chi connectivity index (χ3v) is 4.73. The Morgan fingerprint density at radius 3 is 2.04 bits per heavy atom. The van der Waals surface area contributed by atoms with E-state index in [2.05, 4.69) is 52.3 Å². The van der Waals surface area contributed by atoms with Crippen molar-refractivity contribution in [1.82, 2.24) is 9.80 Å². The van der Waals surface area contributed by atoms with E-state index in [0.29, 0.717) is 6.61 Å². The first-order valence-electron chi connectivity index (χ1n) is 9.19. The molecule has 0 unspecified atom stereocenters. The highest BCUT2D eigenvalue weighted by molar-refractivity contribution is 5.85. The van der Waals surface area contributed by atoms with Crippen LogP contribution in [0.25, 0.3) is 11.1 Å². The van der Waals surface area contributed by atoms with E-state index in [4.69, 9.17) is 9.84 Å². The summed E-state index contributed by atoms with van der Waals surface area (Å²) in [6.45, 7) is 7.28. The van der Waals surface area contributed by atoms with Crippen LogP contribution in [0.3, 0.4) is 0 Å². The molecule has 0 saturated carbocycles. The van der Waals surface area contributed by atoms with E-state index >= 15 is 0 Å². The van der Waals surface area contributed by atoms with Crippen LogP contribution in [0.1, 0.15) is 6.42 Å². The van der Waals surface area contributed by atoms with Crippen molar-refractivity contribution in [2.75, 3.05) is 52.5 Å². The number of hydrogen-bond acceptors (Lipinski definition) is 4. The van der Waals surface area contributed by atoms with Crippen LogP contribution in [0.5, 0.6) is 5.75 Å². The highest BCUT2D eigenvalue weighted by Crippen LogP contribution is 2.29. The molecule has 150 valence electrons. The van der Waals surface area contributed by atoms with Crippen LogP contribution in [0.4, 0.5) is 0 Å². The predicted octanol–water partition coefficient (Wildman–Crippen LogP) is 3.58. The second-order valence-corrected chi connectivity index (χ2v) is 6.47. The van der Waals surface area contributed by atoms with Crippen LogP contribution in [-0.4, -0.2) is 67.4 Å². The lowest BCUT2D eigenvalue weighted by Gasteiger charge is -2.34. The zero-order chi connectivity index (χ0) is 17.3. The lowest BCUT2D eigenvalue weighted by Crippen LogP contribution is -2.47. The van der Waals surface area contributed by atoms with E-state index < -0.39 is 0 Å². The van der Waals surface area contributed by atoms with Gasteiger partial charge in [0.25, 0.3) is 0 Å². The lowest BCUT2D eigenvalue weighted by atomic mass is 10.1. The van der Waals surface area contributed by atoms with Crippen LogP contribution >= 0.6 is 24.8 Å². The molecule has 1 heterocycles. The van der Waals surface area contributed by atoms with Gasteiger partial charge < -0.3 is 14.7 Å². The van der Waals surface area contributed by atoms with Gasteiger partial charge in [-0.25, -0.2) is 0 Å². The molecule has 0 bridgehead atoms. The first-order valence-corrected chi connectivity index (χ1v) is 9.19. The third kappa shape index (κ3) is 7.32. The minimum absolute atomic E-state index is 0. The van der Waals surface area contributed by atoms with Crippen LogP contribution in [0.15, 0.2) is 54.6 Å². The van der Waals surface area contributed by atoms with Gasteiger partial charge in [-0.2, -0.15) is 0 Å². The van der Waals surface area contributed by atoms with E-state index in [9.17, 15) is 0 Å². The minimum atomic E-state index is 0. The zero-order valence-corrected chi connectivity index (χ0v) is 17.3. The van der Waals surface area contributed by atoms with E-state index in [-0.39, 0.29) is 31.4 Å². The second kappa shape index (κ2) is 13.0. The number of aliphatic hydroxyl groups excluding tert-OH is 1. The number of nitrogens with zero attached hydrogens (tertiary/aromatic N) is 2. The van der Waals surface area contributed by atoms with Crippen molar-refractivity contribution in [2.24, 2.45) is 0 Å². The van der Waals surface area contributed by atoms with E-state index in [1.165, 1.54) is 5.56 Å². The monoisotopic (exact) mass is 412 g/mol. The quantitative estimate of drug-likeness (QED) is 0.718. The van der Waals surface area contributed by atoms with Crippen molar-refractivity contribution < 1.29 is 9.84 Å². The lowest BCUT2D eigenvalue weighted by molar-refractivity contribution is 0.111. The number of aliphatic hydroxyl groups is 1. The predicted molar refractivity (Wildman–Crippen MR) is 116 cm³/mol. The molecule has 6 heteroatoms. The second-order valence-electron chi connectivity index (χ2n) is 6.47. The Morgan fingerprint density at radius 1 is 0.778 bits per heavy atom. The van der Waals surface area contributed by atoms with Gasteiger partial charge in [-0.15, -0.1) is 24.8 Å². The maximum absolute atomic E-state index is 8.92. The van der Waals surface area contributed by atoms with Gasteiger partial charge in [-0.05, 0) is 18.1 Å². The molecule has 1 N–H and O–H groups in total. The summed E-state index contributed by atoms with van der Waals surface area (Å²) in [5, 5.41) is 8.92. The highest BCUT2D eigenvalue weighted by atomic mass is 35.5. The molecule has 27 heavy (non-hydrogen) atoms. The standard InChI is InChI=1S/C21H28N2O2.2ClH/c24-17-6-11-22-12-14-23(15-13-22)16-18-25-21-10-5-4-9-20(21)19-7-2-1-3-8-19;;/h1-5,7-10,24H,6,11-18H2;2*1H. The molecule has 1 aliphatic heterocycles. The molecule has 4 nitrogen and oxygen atoms in total. The molecule has 2 aromatic rings. The van der Waals surface area contributed by atoms with Crippen LogP contribution in [-0.2, 0) is 0 Å². The first kappa shape index (κ1) is 23.7. The fourth-order valence-corrected chi connectivity index (χ4v) is 3.26. The molecule has 1 saturated heterocycles. The maximum atomic E-state index is 8.92. The zero-order valence-electron chi connectivity index (χ0n) is 15.6. The molecule has 1 fully saturated rings. The average Bonchev–Trinajstić information content (AvgIpc) is 2.68. The van der Waals surface area contributed by atoms with E-state index in [0.717, 1.165) is 57.0 Å². The van der Waals surface area contributed by atoms with E-state index in [1.54, 1.807) is 0 Å². The molecule has 0 aromatic heterocycles. The number of ether oxygens (including phenoxy) is 1. The number of halogens is 2. The molecule has 0 spiro atoms. The average molecular weight is 413 g/mol. The van der Waals surface area contributed by atoms with Gasteiger partial charge in [0.15, 0.2) is 0 Å². The number of hydrogen-bond donors (Lipinski definition) is 1. The topological polar surface area (TPSA) is 35.9 Å². The summed E-state index contributed by atoms with van der Waals surface area (Å²) in [6.07, 6.45) is 0.874. The van der Waals surface area contributed by atoms with Crippen LogP contribution in [0.2, 0.25) is 0 Å². The summed E-state index contributed by atoms with van der Waals surface area (Å²) < 4.78 is 6.10. The summed E-state index contributed by atoms with van der Waals surface area (Å²) in [5.41, 5.74) is 2.34. The van der Waals surface area contributed by atoms with Gasteiger partial charge in [-0.1, -0.05) is 48.5 Å². The van der Waals surface area contributed by atoms with Crippen LogP contribution in [0, 0.1) is 0 Å². The number of benzene rings is 2. The molecule has 0 aliphatic carbocycles. The van der Waals surface area contributed by atoms with Crippen molar-refractivity contribution in [2.45, 2.75) is 6.42 Å². The SMILES string of the molecule is Cl.Cl.OCCCN1CCN(CCOc2ccccc2-c2ccccc2)CC1. The van der Waals surface area contributed by atoms with Crippen molar-refractivity contribution in [3.63, 3.8) is 0 Å². The Hall–Kier alpha value is -1.30. The fourth-order valence-electron chi connectivity index (χ4n) is 3.26. The van der Waals surface area contributed by atoms with Crippen molar-refractivity contribution in [3.8, 4) is 16.9 Å². The molecular weight excluding hydrogens is 383 g/mol. The first-order chi connectivity index (χ1) is 12.4. The maximum Gasteiger partial charge on any atom is 0.127 e. The van der Waals surface area contributed by atoms with Gasteiger partial charge in [0.1, 0.15) is 12.4 Å². The number of para-hydroxylation sites is 1. The Bertz CT molecular complexity index is 635. The Morgan fingerprint density at radius 2 is 1.37 bits per heavy atom. The third-order valence-electron chi connectivity index (χ3n) is 4.73. The molecule has 3 rings (SSSR count). The summed E-state index contributed by atoms with van der Waals surface area (Å²) in [6, 6.07) is 18.6. The van der Waals surface area contributed by atoms with Crippen LogP contribution < -0.4 is 4.74 Å². The van der Waals surface area contributed by atoms with Gasteiger partial charge >= 0.3 is 0 Å². The largest absolute Gasteiger partial charge is 0.492 e. The summed E-state index contributed by atoms with van der Waals surface area (Å²) in [5.74, 6) is 0.954. The van der Waals surface area contributed by atoms with Gasteiger partial charge in [0, 0.05) is 51.4 Å². The molecule has 0 radical (unpaired) electrons. The normalized spacial score (nSPS) is 14.9. The van der Waals surface area contributed by atoms with E-state index in [1.807, 2.05) is 12.1 Å². The summed E-state index contributed by atoms with van der Waals surface area (Å²) in [7, 11) is 0. The summed E-state index contributed by atoms with van der Waals surface area (Å²) >= 11 is 0. The summed E-state index contributed by atoms with van der Waals surface area (Å²) in [4.78, 5) is 4.89. The number of piperazine rings is 1. The molecule has 0 amide bonds. The van der Waals surface area contributed by atoms with Crippen molar-refractivity contribution in [1.29, 1.82) is 0 Å². The fraction of sp³-hybridized carbons (Fsp3) is 0.429. The molecule has 2 aromatic carbocycles. The molecular formula is C21H30Cl2N2O2. The highest BCUT2D eigenvalue weighted by Gasteiger charge is 2.16. The minimum Gasteiger partial charge on any atom is -0.492 e.